The molecule has 2 aromatic carbocycles. The SMILES string of the molecule is O=C(NC1CCN(C(=O)c2ccccc2O)CC1)c1ccccc1O. The van der Waals surface area contributed by atoms with Crippen molar-refractivity contribution in [3.8, 4) is 11.5 Å². The van der Waals surface area contributed by atoms with E-state index in [1.54, 1.807) is 41.3 Å². The van der Waals surface area contributed by atoms with E-state index < -0.39 is 0 Å². The van der Waals surface area contributed by atoms with Crippen LogP contribution in [0.25, 0.3) is 0 Å². The molecule has 0 radical (unpaired) electrons. The highest BCUT2D eigenvalue weighted by Gasteiger charge is 2.26. The zero-order chi connectivity index (χ0) is 17.8. The van der Waals surface area contributed by atoms with Crippen molar-refractivity contribution in [2.24, 2.45) is 0 Å². The van der Waals surface area contributed by atoms with E-state index in [4.69, 9.17) is 0 Å². The minimum Gasteiger partial charge on any atom is -0.507 e. The molecule has 1 fully saturated rings. The van der Waals surface area contributed by atoms with Gasteiger partial charge in [0.2, 0.25) is 0 Å². The van der Waals surface area contributed by atoms with E-state index in [0.717, 1.165) is 0 Å². The maximum atomic E-state index is 12.5. The number of aromatic hydroxyl groups is 2. The number of amides is 2. The number of phenols is 2. The molecule has 1 aliphatic rings. The van der Waals surface area contributed by atoms with Gasteiger partial charge in [-0.15, -0.1) is 0 Å². The summed E-state index contributed by atoms with van der Waals surface area (Å²) in [6.07, 6.45) is 1.25. The number of nitrogens with one attached hydrogen (secondary N) is 1. The van der Waals surface area contributed by atoms with Crippen molar-refractivity contribution in [1.82, 2.24) is 10.2 Å². The molecular weight excluding hydrogens is 320 g/mol. The summed E-state index contributed by atoms with van der Waals surface area (Å²) in [6, 6.07) is 12.8. The van der Waals surface area contributed by atoms with Crippen LogP contribution in [-0.4, -0.2) is 46.1 Å². The Bertz CT molecular complexity index is 782. The number of carbonyl (C=O) groups excluding carboxylic acids is 2. The van der Waals surface area contributed by atoms with Crippen LogP contribution in [0.2, 0.25) is 0 Å². The van der Waals surface area contributed by atoms with Crippen molar-refractivity contribution in [3.63, 3.8) is 0 Å². The van der Waals surface area contributed by atoms with Crippen LogP contribution in [0.1, 0.15) is 33.6 Å². The highest BCUT2D eigenvalue weighted by Crippen LogP contribution is 2.21. The van der Waals surface area contributed by atoms with E-state index in [2.05, 4.69) is 5.32 Å². The number of nitrogens with zero attached hydrogens (tertiary/aromatic N) is 1. The van der Waals surface area contributed by atoms with Gasteiger partial charge in [-0.2, -0.15) is 0 Å². The number of carbonyl (C=O) groups is 2. The van der Waals surface area contributed by atoms with E-state index in [9.17, 15) is 19.8 Å². The highest BCUT2D eigenvalue weighted by molar-refractivity contribution is 5.97. The predicted octanol–water partition coefficient (Wildman–Crippen LogP) is 2.13. The van der Waals surface area contributed by atoms with Gasteiger partial charge in [-0.1, -0.05) is 24.3 Å². The van der Waals surface area contributed by atoms with E-state index in [1.807, 2.05) is 0 Å². The number of hydrogen-bond donors (Lipinski definition) is 3. The van der Waals surface area contributed by atoms with Crippen LogP contribution in [0.3, 0.4) is 0 Å². The lowest BCUT2D eigenvalue weighted by molar-refractivity contribution is 0.0695. The van der Waals surface area contributed by atoms with Crippen LogP contribution in [0.5, 0.6) is 11.5 Å². The van der Waals surface area contributed by atoms with Crippen LogP contribution < -0.4 is 5.32 Å². The third-order valence-electron chi connectivity index (χ3n) is 4.40. The van der Waals surface area contributed by atoms with Gasteiger partial charge in [0.25, 0.3) is 11.8 Å². The lowest BCUT2D eigenvalue weighted by Gasteiger charge is -2.32. The Balaban J connectivity index is 1.57. The van der Waals surface area contributed by atoms with Gasteiger partial charge in [0, 0.05) is 19.1 Å². The zero-order valence-electron chi connectivity index (χ0n) is 13.7. The molecule has 0 aliphatic carbocycles. The highest BCUT2D eigenvalue weighted by atomic mass is 16.3. The molecule has 25 heavy (non-hydrogen) atoms. The molecule has 2 amide bonds. The van der Waals surface area contributed by atoms with E-state index in [-0.39, 0.29) is 34.9 Å². The molecular formula is C19H20N2O4. The minimum atomic E-state index is -0.316. The fraction of sp³-hybridized carbons (Fsp3) is 0.263. The summed E-state index contributed by atoms with van der Waals surface area (Å²) in [7, 11) is 0. The first-order chi connectivity index (χ1) is 12.1. The molecule has 130 valence electrons. The largest absolute Gasteiger partial charge is 0.507 e. The van der Waals surface area contributed by atoms with Crippen LogP contribution in [0, 0.1) is 0 Å². The number of likely N-dealkylation sites (tertiary alicyclic amines) is 1. The lowest BCUT2D eigenvalue weighted by atomic mass is 10.0. The summed E-state index contributed by atoms with van der Waals surface area (Å²) < 4.78 is 0. The standard InChI is InChI=1S/C19H20N2O4/c22-16-7-3-1-5-14(16)18(24)20-13-9-11-21(12-10-13)19(25)15-6-2-4-8-17(15)23/h1-8,13,22-23H,9-12H2,(H,20,24). The third kappa shape index (κ3) is 3.74. The van der Waals surface area contributed by atoms with Crippen molar-refractivity contribution in [1.29, 1.82) is 0 Å². The van der Waals surface area contributed by atoms with Crippen molar-refractivity contribution in [3.05, 3.63) is 59.7 Å². The topological polar surface area (TPSA) is 89.9 Å². The van der Waals surface area contributed by atoms with Gasteiger partial charge in [0.15, 0.2) is 0 Å². The third-order valence-corrected chi connectivity index (χ3v) is 4.40. The first-order valence-corrected chi connectivity index (χ1v) is 8.22. The molecule has 0 bridgehead atoms. The smallest absolute Gasteiger partial charge is 0.257 e. The number of phenolic OH excluding ortho intramolecular Hbond substituents is 2. The molecule has 3 N–H and O–H groups in total. The monoisotopic (exact) mass is 340 g/mol. The van der Waals surface area contributed by atoms with Crippen LogP contribution in [0.15, 0.2) is 48.5 Å². The van der Waals surface area contributed by atoms with Gasteiger partial charge in [-0.05, 0) is 37.1 Å². The predicted molar refractivity (Wildman–Crippen MR) is 92.6 cm³/mol. The van der Waals surface area contributed by atoms with Crippen molar-refractivity contribution in [2.75, 3.05) is 13.1 Å². The molecule has 6 nitrogen and oxygen atoms in total. The second-order valence-electron chi connectivity index (χ2n) is 6.07. The van der Waals surface area contributed by atoms with Gasteiger partial charge in [0.05, 0.1) is 11.1 Å². The number of piperidine rings is 1. The number of benzene rings is 2. The van der Waals surface area contributed by atoms with Gasteiger partial charge >= 0.3 is 0 Å². The van der Waals surface area contributed by atoms with Gasteiger partial charge < -0.3 is 20.4 Å². The Labute approximate surface area is 145 Å². The summed E-state index contributed by atoms with van der Waals surface area (Å²) in [4.78, 5) is 26.4. The Kier molecular flexibility index (Phi) is 4.88. The van der Waals surface area contributed by atoms with Gasteiger partial charge in [-0.25, -0.2) is 0 Å². The van der Waals surface area contributed by atoms with Crippen LogP contribution in [-0.2, 0) is 0 Å². The first-order valence-electron chi connectivity index (χ1n) is 8.22. The molecule has 0 aromatic heterocycles. The quantitative estimate of drug-likeness (QED) is 0.798. The summed E-state index contributed by atoms with van der Waals surface area (Å²) >= 11 is 0. The molecule has 0 atom stereocenters. The van der Waals surface area contributed by atoms with Gasteiger partial charge in [-0.3, -0.25) is 9.59 Å². The summed E-state index contributed by atoms with van der Waals surface area (Å²) in [5.41, 5.74) is 0.536. The Morgan fingerprint density at radius 2 is 1.40 bits per heavy atom. The average Bonchev–Trinajstić information content (AvgIpc) is 2.62. The maximum absolute atomic E-state index is 12.5. The molecule has 0 spiro atoms. The maximum Gasteiger partial charge on any atom is 0.257 e. The molecule has 0 saturated carbocycles. The summed E-state index contributed by atoms with van der Waals surface area (Å²) in [5.74, 6) is -0.596. The average molecular weight is 340 g/mol. The van der Waals surface area contributed by atoms with E-state index in [0.29, 0.717) is 31.5 Å². The Hall–Kier alpha value is -3.02. The first kappa shape index (κ1) is 16.8. The van der Waals surface area contributed by atoms with Crippen LogP contribution >= 0.6 is 0 Å². The van der Waals surface area contributed by atoms with E-state index >= 15 is 0 Å². The Morgan fingerprint density at radius 3 is 1.96 bits per heavy atom. The molecule has 3 rings (SSSR count). The van der Waals surface area contributed by atoms with Crippen molar-refractivity contribution >= 4 is 11.8 Å². The molecule has 2 aromatic rings. The Morgan fingerprint density at radius 1 is 0.880 bits per heavy atom. The van der Waals surface area contributed by atoms with Crippen molar-refractivity contribution < 1.29 is 19.8 Å². The molecule has 1 saturated heterocycles. The lowest BCUT2D eigenvalue weighted by Crippen LogP contribution is -2.46. The summed E-state index contributed by atoms with van der Waals surface area (Å²) in [6.45, 7) is 0.998. The minimum absolute atomic E-state index is 0.0255. The fourth-order valence-corrected chi connectivity index (χ4v) is 2.98. The van der Waals surface area contributed by atoms with Gasteiger partial charge in [0.1, 0.15) is 11.5 Å². The molecule has 6 heteroatoms. The molecule has 1 aliphatic heterocycles. The second kappa shape index (κ2) is 7.25. The molecule has 1 heterocycles. The van der Waals surface area contributed by atoms with E-state index in [1.165, 1.54) is 12.1 Å². The van der Waals surface area contributed by atoms with Crippen LogP contribution in [0.4, 0.5) is 0 Å². The second-order valence-corrected chi connectivity index (χ2v) is 6.07. The molecule has 0 unspecified atom stereocenters. The number of para-hydroxylation sites is 2. The van der Waals surface area contributed by atoms with Crippen molar-refractivity contribution in [2.45, 2.75) is 18.9 Å². The number of hydrogen-bond acceptors (Lipinski definition) is 4. The number of rotatable bonds is 3. The zero-order valence-corrected chi connectivity index (χ0v) is 13.7. The summed E-state index contributed by atoms with van der Waals surface area (Å²) in [5, 5.41) is 22.4. The normalized spacial score (nSPS) is 15.0. The fourth-order valence-electron chi connectivity index (χ4n) is 2.98.